The monoisotopic (exact) mass is 1180 g/mol. The average Bonchev–Trinajstić information content (AvgIpc) is 3.59. The normalized spacial score (nSPS) is 23.8. The SMILES string of the molecule is CCCCCCCCCCCCCCCCCCCCC/C=C/C(O)C(COC1OC(CO)C(OC2OC(CO)C(O)C(O)C2O)C(O)C1O)NC(=O)CCCCCCCCCCCCCCCCCCCCCCCCCCCCCC. The third kappa shape index (κ3) is 39.4. The van der Waals surface area contributed by atoms with Crippen LogP contribution in [0.25, 0.3) is 0 Å². The van der Waals surface area contributed by atoms with Gasteiger partial charge in [0.1, 0.15) is 48.8 Å². The molecule has 0 aromatic heterocycles. The Bertz CT molecular complexity index is 1440. The highest BCUT2D eigenvalue weighted by Crippen LogP contribution is 2.30. The van der Waals surface area contributed by atoms with Gasteiger partial charge in [-0.25, -0.2) is 0 Å². The minimum atomic E-state index is -1.79. The van der Waals surface area contributed by atoms with E-state index in [4.69, 9.17) is 18.9 Å². The summed E-state index contributed by atoms with van der Waals surface area (Å²) in [5.41, 5.74) is 0. The van der Waals surface area contributed by atoms with Crippen LogP contribution in [0.3, 0.4) is 0 Å². The Morgan fingerprint density at radius 2 is 0.747 bits per heavy atom. The Morgan fingerprint density at radius 1 is 0.422 bits per heavy atom. The molecule has 12 unspecified atom stereocenters. The lowest BCUT2D eigenvalue weighted by Crippen LogP contribution is -2.65. The van der Waals surface area contributed by atoms with Gasteiger partial charge in [0.2, 0.25) is 5.91 Å². The summed E-state index contributed by atoms with van der Waals surface area (Å²) in [4.78, 5) is 13.3. The molecule has 0 bridgehead atoms. The van der Waals surface area contributed by atoms with E-state index in [0.717, 1.165) is 44.9 Å². The van der Waals surface area contributed by atoms with Gasteiger partial charge in [-0.1, -0.05) is 315 Å². The van der Waals surface area contributed by atoms with Crippen LogP contribution in [0.5, 0.6) is 0 Å². The summed E-state index contributed by atoms with van der Waals surface area (Å²) in [7, 11) is 0. The predicted molar refractivity (Wildman–Crippen MR) is 337 cm³/mol. The van der Waals surface area contributed by atoms with Crippen LogP contribution in [0.2, 0.25) is 0 Å². The molecule has 2 fully saturated rings. The van der Waals surface area contributed by atoms with Crippen molar-refractivity contribution in [2.75, 3.05) is 19.8 Å². The van der Waals surface area contributed by atoms with Gasteiger partial charge in [0.15, 0.2) is 12.6 Å². The molecule has 0 aromatic carbocycles. The Kier molecular flexibility index (Phi) is 51.4. The number of hydrogen-bond acceptors (Lipinski definition) is 13. The van der Waals surface area contributed by atoms with Gasteiger partial charge in [-0.05, 0) is 19.3 Å². The molecule has 14 nitrogen and oxygen atoms in total. The van der Waals surface area contributed by atoms with Crippen LogP contribution in [0.15, 0.2) is 12.2 Å². The molecule has 0 radical (unpaired) electrons. The third-order valence-corrected chi connectivity index (χ3v) is 17.7. The van der Waals surface area contributed by atoms with Gasteiger partial charge >= 0.3 is 0 Å². The topological polar surface area (TPSA) is 228 Å². The fourth-order valence-electron chi connectivity index (χ4n) is 12.1. The molecule has 14 heteroatoms. The van der Waals surface area contributed by atoms with Crippen molar-refractivity contribution in [3.8, 4) is 0 Å². The van der Waals surface area contributed by atoms with Gasteiger partial charge in [0.25, 0.3) is 0 Å². The summed E-state index contributed by atoms with van der Waals surface area (Å²) in [6, 6.07) is -0.911. The number of amides is 1. The van der Waals surface area contributed by atoms with Gasteiger partial charge in [-0.3, -0.25) is 4.79 Å². The van der Waals surface area contributed by atoms with E-state index in [2.05, 4.69) is 19.2 Å². The molecule has 0 saturated carbocycles. The van der Waals surface area contributed by atoms with Crippen LogP contribution in [-0.2, 0) is 23.7 Å². The first-order valence-electron chi connectivity index (χ1n) is 35.4. The molecule has 83 heavy (non-hydrogen) atoms. The van der Waals surface area contributed by atoms with Crippen molar-refractivity contribution in [1.82, 2.24) is 5.32 Å². The van der Waals surface area contributed by atoms with Crippen molar-refractivity contribution in [2.45, 2.75) is 402 Å². The second kappa shape index (κ2) is 54.8. The number of aliphatic hydroxyl groups is 8. The van der Waals surface area contributed by atoms with Crippen molar-refractivity contribution >= 4 is 5.91 Å². The number of rotatable bonds is 59. The molecule has 12 atom stereocenters. The van der Waals surface area contributed by atoms with Gasteiger partial charge in [-0.15, -0.1) is 0 Å². The summed E-state index contributed by atoms with van der Waals surface area (Å²) in [6.45, 7) is 2.86. The Labute approximate surface area is 507 Å². The fraction of sp³-hybridized carbons (Fsp3) is 0.957. The summed E-state index contributed by atoms with van der Waals surface area (Å²) in [5.74, 6) is -0.231. The largest absolute Gasteiger partial charge is 0.394 e. The molecule has 2 saturated heterocycles. The van der Waals surface area contributed by atoms with Gasteiger partial charge < -0.3 is 65.1 Å². The number of hydrogen-bond donors (Lipinski definition) is 9. The van der Waals surface area contributed by atoms with E-state index in [0.29, 0.717) is 0 Å². The number of nitrogens with one attached hydrogen (secondary N) is 1. The maximum Gasteiger partial charge on any atom is 0.220 e. The summed E-state index contributed by atoms with van der Waals surface area (Å²) >= 11 is 0. The molecule has 2 aliphatic rings. The maximum atomic E-state index is 13.3. The number of carbonyl (C=O) groups excluding carboxylic acids is 1. The second-order valence-electron chi connectivity index (χ2n) is 25.4. The molecule has 0 aliphatic carbocycles. The Hall–Kier alpha value is -1.27. The van der Waals surface area contributed by atoms with Crippen LogP contribution >= 0.6 is 0 Å². The van der Waals surface area contributed by atoms with E-state index >= 15 is 0 Å². The predicted octanol–water partition coefficient (Wildman–Crippen LogP) is 14.2. The van der Waals surface area contributed by atoms with Crippen LogP contribution in [0, 0.1) is 0 Å². The van der Waals surface area contributed by atoms with E-state index in [-0.39, 0.29) is 18.9 Å². The van der Waals surface area contributed by atoms with Gasteiger partial charge in [0.05, 0.1) is 32.0 Å². The van der Waals surface area contributed by atoms with Crippen LogP contribution in [0.4, 0.5) is 0 Å². The smallest absolute Gasteiger partial charge is 0.220 e. The van der Waals surface area contributed by atoms with E-state index < -0.39 is 86.8 Å². The molecule has 0 aromatic rings. The zero-order chi connectivity index (χ0) is 60.2. The molecule has 9 N–H and O–H groups in total. The van der Waals surface area contributed by atoms with Crippen molar-refractivity contribution in [2.24, 2.45) is 0 Å². The molecule has 1 amide bonds. The lowest BCUT2D eigenvalue weighted by atomic mass is 9.97. The summed E-state index contributed by atoms with van der Waals surface area (Å²) in [6.07, 6.45) is 49.8. The van der Waals surface area contributed by atoms with E-state index in [1.165, 1.54) is 263 Å². The minimum Gasteiger partial charge on any atom is -0.394 e. The standard InChI is InChI=1S/C69H133NO13/c1-3-5-7-9-11-13-15-17-19-21-23-25-26-27-28-29-30-31-33-35-37-39-41-43-45-47-49-51-53-61(74)70-57(58(73)52-50-48-46-44-42-40-38-36-34-32-24-22-20-18-16-14-12-10-8-6-4-2)56-80-68-66(79)64(77)67(60(55-72)82-68)83-69-65(78)63(76)62(75)59(54-71)81-69/h50,52,57-60,62-69,71-73,75-79H,3-49,51,53-56H2,1-2H3,(H,70,74)/b52-50+. The molecule has 492 valence electrons. The van der Waals surface area contributed by atoms with Crippen LogP contribution < -0.4 is 5.32 Å². The van der Waals surface area contributed by atoms with Crippen molar-refractivity contribution in [1.29, 1.82) is 0 Å². The molecule has 2 rings (SSSR count). The quantitative estimate of drug-likeness (QED) is 0.0204. The number of unbranched alkanes of at least 4 members (excludes halogenated alkanes) is 46. The first kappa shape index (κ1) is 77.8. The van der Waals surface area contributed by atoms with Crippen LogP contribution in [-0.4, -0.2) is 140 Å². The van der Waals surface area contributed by atoms with Crippen molar-refractivity contribution < 1.29 is 64.6 Å². The molecular weight excluding hydrogens is 1050 g/mol. The van der Waals surface area contributed by atoms with Gasteiger partial charge in [-0.2, -0.15) is 0 Å². The van der Waals surface area contributed by atoms with Crippen molar-refractivity contribution in [3.05, 3.63) is 12.2 Å². The Morgan fingerprint density at radius 3 is 1.11 bits per heavy atom. The highest BCUT2D eigenvalue weighted by molar-refractivity contribution is 5.76. The second-order valence-corrected chi connectivity index (χ2v) is 25.4. The van der Waals surface area contributed by atoms with E-state index in [1.807, 2.05) is 6.08 Å². The minimum absolute atomic E-state index is 0.231. The number of ether oxygens (including phenoxy) is 4. The number of carbonyl (C=O) groups is 1. The van der Waals surface area contributed by atoms with Gasteiger partial charge in [0, 0.05) is 6.42 Å². The first-order chi connectivity index (χ1) is 40.6. The van der Waals surface area contributed by atoms with Crippen LogP contribution in [0.1, 0.15) is 328 Å². The molecule has 0 spiro atoms. The zero-order valence-corrected chi connectivity index (χ0v) is 53.5. The highest BCUT2D eigenvalue weighted by Gasteiger charge is 2.51. The molecule has 2 aliphatic heterocycles. The van der Waals surface area contributed by atoms with E-state index in [1.54, 1.807) is 6.08 Å². The fourth-order valence-corrected chi connectivity index (χ4v) is 12.1. The zero-order valence-electron chi connectivity index (χ0n) is 53.5. The number of aliphatic hydroxyl groups excluding tert-OH is 8. The third-order valence-electron chi connectivity index (χ3n) is 17.7. The molecular formula is C69H133NO13. The summed E-state index contributed by atoms with van der Waals surface area (Å²) in [5, 5.41) is 87.4. The highest BCUT2D eigenvalue weighted by atomic mass is 16.7. The Balaban J connectivity index is 1.67. The lowest BCUT2D eigenvalue weighted by Gasteiger charge is -2.46. The maximum absolute atomic E-state index is 13.3. The lowest BCUT2D eigenvalue weighted by molar-refractivity contribution is -0.359. The first-order valence-corrected chi connectivity index (χ1v) is 35.4. The van der Waals surface area contributed by atoms with E-state index in [9.17, 15) is 45.6 Å². The number of allylic oxidation sites excluding steroid dienone is 1. The summed E-state index contributed by atoms with van der Waals surface area (Å²) < 4.78 is 22.9. The van der Waals surface area contributed by atoms with Crippen molar-refractivity contribution in [3.63, 3.8) is 0 Å². The molecule has 2 heterocycles. The average molecular weight is 1180 g/mol.